The minimum Gasteiger partial charge on any atom is -0.494 e. The van der Waals surface area contributed by atoms with Crippen LogP contribution in [0, 0.1) is 0 Å². The monoisotopic (exact) mass is 333 g/mol. The zero-order valence-corrected chi connectivity index (χ0v) is 14.4. The molecule has 0 aliphatic heterocycles. The largest absolute Gasteiger partial charge is 0.494 e. The third-order valence-electron chi connectivity index (χ3n) is 3.40. The molecule has 0 heterocycles. The lowest BCUT2D eigenvalue weighted by molar-refractivity contribution is -0.116. The van der Waals surface area contributed by atoms with E-state index < -0.39 is 0 Å². The Bertz CT molecular complexity index is 511. The van der Waals surface area contributed by atoms with E-state index in [2.05, 4.69) is 18.8 Å². The zero-order chi connectivity index (χ0) is 17.6. The minimum absolute atomic E-state index is 0.159. The van der Waals surface area contributed by atoms with Crippen molar-refractivity contribution in [1.29, 1.82) is 0 Å². The van der Waals surface area contributed by atoms with E-state index in [1.165, 1.54) is 6.08 Å². The van der Waals surface area contributed by atoms with Gasteiger partial charge in [0.05, 0.1) is 18.8 Å². The van der Waals surface area contributed by atoms with E-state index in [0.717, 1.165) is 32.1 Å². The van der Waals surface area contributed by atoms with Crippen molar-refractivity contribution in [3.8, 4) is 5.75 Å². The third-order valence-corrected chi connectivity index (χ3v) is 3.40. The molecule has 1 rings (SSSR count). The summed E-state index contributed by atoms with van der Waals surface area (Å²) in [5.74, 6) is 0.261. The van der Waals surface area contributed by atoms with Crippen LogP contribution in [-0.2, 0) is 9.53 Å². The molecule has 0 atom stereocenters. The second-order valence-electron chi connectivity index (χ2n) is 5.42. The maximum atomic E-state index is 11.8. The molecular formula is C19H27NO4. The van der Waals surface area contributed by atoms with E-state index >= 15 is 0 Å². The Morgan fingerprint density at radius 1 is 1.08 bits per heavy atom. The van der Waals surface area contributed by atoms with Crippen LogP contribution in [0.2, 0.25) is 0 Å². The van der Waals surface area contributed by atoms with E-state index in [9.17, 15) is 9.59 Å². The Labute approximate surface area is 144 Å². The number of hydrogen-bond acceptors (Lipinski definition) is 4. The molecule has 0 unspecified atom stereocenters. The summed E-state index contributed by atoms with van der Waals surface area (Å²) in [6.45, 7) is 7.13. The molecule has 1 aromatic carbocycles. The van der Waals surface area contributed by atoms with Gasteiger partial charge in [0.2, 0.25) is 5.91 Å². The molecule has 1 aromatic rings. The molecule has 0 aromatic heterocycles. The van der Waals surface area contributed by atoms with Crippen molar-refractivity contribution in [1.82, 2.24) is 5.32 Å². The average Bonchev–Trinajstić information content (AvgIpc) is 2.61. The molecule has 0 fully saturated rings. The van der Waals surface area contributed by atoms with E-state index in [1.807, 2.05) is 0 Å². The Morgan fingerprint density at radius 3 is 2.46 bits per heavy atom. The second kappa shape index (κ2) is 12.2. The van der Waals surface area contributed by atoms with Gasteiger partial charge in [0.1, 0.15) is 5.75 Å². The van der Waals surface area contributed by atoms with Gasteiger partial charge >= 0.3 is 5.97 Å². The fourth-order valence-corrected chi connectivity index (χ4v) is 1.99. The predicted octanol–water partition coefficient (Wildman–Crippen LogP) is 3.49. The van der Waals surface area contributed by atoms with Crippen LogP contribution in [0.1, 0.15) is 49.4 Å². The molecule has 24 heavy (non-hydrogen) atoms. The zero-order valence-electron chi connectivity index (χ0n) is 14.4. The number of amides is 1. The fraction of sp³-hybridized carbons (Fsp3) is 0.474. The van der Waals surface area contributed by atoms with Crippen LogP contribution in [0.25, 0.3) is 0 Å². The van der Waals surface area contributed by atoms with Gasteiger partial charge in [-0.25, -0.2) is 4.79 Å². The van der Waals surface area contributed by atoms with Crippen LogP contribution >= 0.6 is 0 Å². The van der Waals surface area contributed by atoms with Gasteiger partial charge in [-0.1, -0.05) is 26.3 Å². The van der Waals surface area contributed by atoms with Crippen molar-refractivity contribution < 1.29 is 19.1 Å². The number of esters is 1. The molecule has 0 bridgehead atoms. The van der Waals surface area contributed by atoms with Crippen LogP contribution in [0.4, 0.5) is 0 Å². The van der Waals surface area contributed by atoms with Crippen molar-refractivity contribution in [3.63, 3.8) is 0 Å². The van der Waals surface area contributed by atoms with Crippen molar-refractivity contribution in [2.75, 3.05) is 19.8 Å². The highest BCUT2D eigenvalue weighted by Gasteiger charge is 2.06. The van der Waals surface area contributed by atoms with Gasteiger partial charge in [0, 0.05) is 6.54 Å². The summed E-state index contributed by atoms with van der Waals surface area (Å²) in [5, 5.41) is 2.71. The maximum absolute atomic E-state index is 11.8. The first-order valence-corrected chi connectivity index (χ1v) is 8.47. The predicted molar refractivity (Wildman–Crippen MR) is 94.2 cm³/mol. The number of ether oxygens (including phenoxy) is 2. The highest BCUT2D eigenvalue weighted by molar-refractivity contribution is 5.89. The smallest absolute Gasteiger partial charge is 0.338 e. The summed E-state index contributed by atoms with van der Waals surface area (Å²) in [5.41, 5.74) is 0.533. The van der Waals surface area contributed by atoms with Gasteiger partial charge < -0.3 is 14.8 Å². The van der Waals surface area contributed by atoms with Gasteiger partial charge in [0.25, 0.3) is 0 Å². The molecule has 0 aliphatic rings. The second-order valence-corrected chi connectivity index (χ2v) is 5.42. The number of benzene rings is 1. The normalized spacial score (nSPS) is 10.0. The molecule has 0 aliphatic carbocycles. The minimum atomic E-state index is -0.296. The number of hydrogen-bond donors (Lipinski definition) is 1. The summed E-state index contributed by atoms with van der Waals surface area (Å²) in [4.78, 5) is 22.8. The lowest BCUT2D eigenvalue weighted by atomic mass is 10.2. The Balaban J connectivity index is 2.21. The highest BCUT2D eigenvalue weighted by atomic mass is 16.5. The van der Waals surface area contributed by atoms with Gasteiger partial charge in [-0.15, -0.1) is 0 Å². The number of unbranched alkanes of at least 4 members (excludes halogenated alkanes) is 3. The van der Waals surface area contributed by atoms with E-state index in [0.29, 0.717) is 31.1 Å². The average molecular weight is 333 g/mol. The first kappa shape index (κ1) is 19.7. The van der Waals surface area contributed by atoms with Crippen LogP contribution in [0.15, 0.2) is 36.9 Å². The van der Waals surface area contributed by atoms with Crippen LogP contribution in [-0.4, -0.2) is 31.6 Å². The molecule has 5 heteroatoms. The standard InChI is InChI=1S/C19H27NO4/c1-3-5-7-15-24-19(22)16-9-11-17(12-10-16)23-14-8-6-13-20-18(21)4-2/h4,9-12H,2-3,5-8,13-15H2,1H3,(H,20,21). The molecule has 5 nitrogen and oxygen atoms in total. The summed E-state index contributed by atoms with van der Waals surface area (Å²) in [6.07, 6.45) is 5.99. The molecule has 0 saturated carbocycles. The Hall–Kier alpha value is -2.30. The lowest BCUT2D eigenvalue weighted by Gasteiger charge is -2.08. The SMILES string of the molecule is C=CC(=O)NCCCCOc1ccc(C(=O)OCCCCC)cc1. The molecule has 1 N–H and O–H groups in total. The number of rotatable bonds is 12. The van der Waals surface area contributed by atoms with Crippen molar-refractivity contribution in [2.24, 2.45) is 0 Å². The molecular weight excluding hydrogens is 306 g/mol. The van der Waals surface area contributed by atoms with Gasteiger partial charge in [-0.3, -0.25) is 4.79 Å². The highest BCUT2D eigenvalue weighted by Crippen LogP contribution is 2.13. The van der Waals surface area contributed by atoms with Crippen molar-refractivity contribution in [2.45, 2.75) is 39.0 Å². The van der Waals surface area contributed by atoms with Gasteiger partial charge in [0.15, 0.2) is 0 Å². The van der Waals surface area contributed by atoms with Crippen molar-refractivity contribution >= 4 is 11.9 Å². The van der Waals surface area contributed by atoms with Crippen LogP contribution in [0.3, 0.4) is 0 Å². The summed E-state index contributed by atoms with van der Waals surface area (Å²) in [7, 11) is 0. The quantitative estimate of drug-likeness (QED) is 0.361. The fourth-order valence-electron chi connectivity index (χ4n) is 1.99. The van der Waals surface area contributed by atoms with Crippen LogP contribution in [0.5, 0.6) is 5.75 Å². The third kappa shape index (κ3) is 8.36. The van der Waals surface area contributed by atoms with Crippen LogP contribution < -0.4 is 10.1 Å². The topological polar surface area (TPSA) is 64.6 Å². The first-order chi connectivity index (χ1) is 11.7. The number of carbonyl (C=O) groups excluding carboxylic acids is 2. The van der Waals surface area contributed by atoms with E-state index in [-0.39, 0.29) is 11.9 Å². The number of nitrogens with one attached hydrogen (secondary N) is 1. The first-order valence-electron chi connectivity index (χ1n) is 8.47. The Morgan fingerprint density at radius 2 is 1.79 bits per heavy atom. The van der Waals surface area contributed by atoms with E-state index in [1.54, 1.807) is 24.3 Å². The van der Waals surface area contributed by atoms with E-state index in [4.69, 9.17) is 9.47 Å². The summed E-state index contributed by atoms with van der Waals surface area (Å²) in [6, 6.07) is 6.95. The molecule has 132 valence electrons. The molecule has 0 saturated heterocycles. The Kier molecular flexibility index (Phi) is 10.0. The molecule has 1 amide bonds. The van der Waals surface area contributed by atoms with Crippen molar-refractivity contribution in [3.05, 3.63) is 42.5 Å². The van der Waals surface area contributed by atoms with Gasteiger partial charge in [-0.05, 0) is 49.6 Å². The molecule has 0 radical (unpaired) electrons. The summed E-state index contributed by atoms with van der Waals surface area (Å²) >= 11 is 0. The number of carbonyl (C=O) groups is 2. The maximum Gasteiger partial charge on any atom is 0.338 e. The summed E-state index contributed by atoms with van der Waals surface area (Å²) < 4.78 is 10.8. The van der Waals surface area contributed by atoms with Gasteiger partial charge in [-0.2, -0.15) is 0 Å². The lowest BCUT2D eigenvalue weighted by Crippen LogP contribution is -2.22. The molecule has 0 spiro atoms.